The summed E-state index contributed by atoms with van der Waals surface area (Å²) in [4.78, 5) is 19.5. The largest absolute Gasteiger partial charge is 0.443 e. The molecule has 0 radical (unpaired) electrons. The van der Waals surface area contributed by atoms with Crippen molar-refractivity contribution in [1.82, 2.24) is 4.90 Å². The number of amides is 1. The summed E-state index contributed by atoms with van der Waals surface area (Å²) < 4.78 is 74.0. The highest BCUT2D eigenvalue weighted by molar-refractivity contribution is 9.10. The van der Waals surface area contributed by atoms with Gasteiger partial charge in [0, 0.05) is 30.6 Å². The molecule has 14 heteroatoms. The Balaban J connectivity index is 1.76. The highest BCUT2D eigenvalue weighted by Crippen LogP contribution is 2.67. The van der Waals surface area contributed by atoms with Crippen LogP contribution in [0.15, 0.2) is 56.8 Å². The molecule has 2 aliphatic rings. The van der Waals surface area contributed by atoms with Crippen molar-refractivity contribution >= 4 is 57.1 Å². The first-order valence-electron chi connectivity index (χ1n) is 14.7. The van der Waals surface area contributed by atoms with Gasteiger partial charge in [-0.05, 0) is 70.5 Å². The molecule has 0 saturated heterocycles. The van der Waals surface area contributed by atoms with E-state index in [-0.39, 0.29) is 35.4 Å². The summed E-state index contributed by atoms with van der Waals surface area (Å²) in [5.41, 5.74) is -1.75. The van der Waals surface area contributed by atoms with Crippen LogP contribution in [0.5, 0.6) is 0 Å². The third-order valence-electron chi connectivity index (χ3n) is 7.62. The first-order chi connectivity index (χ1) is 20.8. The van der Waals surface area contributed by atoms with Crippen molar-refractivity contribution in [3.05, 3.63) is 63.9 Å². The lowest BCUT2D eigenvalue weighted by Crippen LogP contribution is -2.47. The Labute approximate surface area is 278 Å². The molecule has 3 atom stereocenters. The number of nitrogens with zero attached hydrogens (tertiary/aromatic N) is 2. The molecule has 2 aromatic rings. The average molecular weight is 748 g/mol. The number of hydrogen-bond acceptors (Lipinski definition) is 8. The molecule has 0 aromatic heterocycles. The molecular weight excluding hydrogens is 706 g/mol. The van der Waals surface area contributed by atoms with E-state index in [2.05, 4.69) is 35.6 Å². The zero-order valence-corrected chi connectivity index (χ0v) is 30.9. The first kappa shape index (κ1) is 36.0. The lowest BCUT2D eigenvalue weighted by molar-refractivity contribution is 0.0108. The van der Waals surface area contributed by atoms with Gasteiger partial charge in [-0.2, -0.15) is 8.42 Å². The molecule has 0 spiro atoms. The van der Waals surface area contributed by atoms with Crippen LogP contribution in [0.3, 0.4) is 0 Å². The zero-order chi connectivity index (χ0) is 33.4. The molecule has 1 amide bonds. The Bertz CT molecular complexity index is 1550. The SMILES string of the molecule is Cc1ccc(S(=O)(=O)OC[C@]23C[C@@H]2[C@@](CF)(c2cc(Br)ccc2F)N=C(N(COCC[Si](C)(C)C)C(=O)OC(C)(C)C)S3)cc1. The number of aryl methyl sites for hydroxylation is 1. The lowest BCUT2D eigenvalue weighted by Gasteiger charge is -2.38. The third-order valence-corrected chi connectivity index (χ3v) is 12.6. The molecule has 0 unspecified atom stereocenters. The second kappa shape index (κ2) is 13.3. The van der Waals surface area contributed by atoms with Crippen LogP contribution in [-0.4, -0.2) is 69.6 Å². The number of benzene rings is 2. The summed E-state index contributed by atoms with van der Waals surface area (Å²) in [5.74, 6) is -1.30. The fourth-order valence-corrected chi connectivity index (χ4v) is 8.70. The standard InChI is InChI=1S/C31H41BrF2N2O6S2Si/c1-21-8-11-23(12-9-21)44(38,39)41-19-30-17-26(30)31(18-33,24-16-22(32)10-13-25(24)34)35-27(43-30)36(28(37)42-29(2,3)4)20-40-14-15-45(5,6)7/h8-13,16,26H,14-15,17-20H2,1-7H3/t26-,30+,31+/m0/s1. The molecule has 248 valence electrons. The number of fused-ring (bicyclic) bond motifs is 1. The predicted octanol–water partition coefficient (Wildman–Crippen LogP) is 7.88. The van der Waals surface area contributed by atoms with Crippen molar-refractivity contribution in [2.75, 3.05) is 26.6 Å². The molecule has 0 bridgehead atoms. The molecule has 45 heavy (non-hydrogen) atoms. The summed E-state index contributed by atoms with van der Waals surface area (Å²) in [7, 11) is -5.63. The fraction of sp³-hybridized carbons (Fsp3) is 0.548. The van der Waals surface area contributed by atoms with E-state index in [0.717, 1.165) is 23.4 Å². The Morgan fingerprint density at radius 3 is 2.44 bits per heavy atom. The van der Waals surface area contributed by atoms with E-state index < -0.39 is 58.6 Å². The second-order valence-electron chi connectivity index (χ2n) is 13.8. The van der Waals surface area contributed by atoms with Crippen LogP contribution < -0.4 is 0 Å². The minimum absolute atomic E-state index is 0.00534. The summed E-state index contributed by atoms with van der Waals surface area (Å²) in [5, 5.41) is 0.0411. The van der Waals surface area contributed by atoms with Crippen LogP contribution in [0, 0.1) is 18.7 Å². The third kappa shape index (κ3) is 8.55. The second-order valence-corrected chi connectivity index (χ2v) is 23.3. The molecule has 1 aliphatic heterocycles. The Morgan fingerprint density at radius 1 is 1.18 bits per heavy atom. The Kier molecular flexibility index (Phi) is 10.7. The summed E-state index contributed by atoms with van der Waals surface area (Å²) >= 11 is 4.47. The molecule has 4 rings (SSSR count). The number of carbonyl (C=O) groups excluding carboxylic acids is 1. The summed E-state index contributed by atoms with van der Waals surface area (Å²) in [6, 6.07) is 11.3. The molecular formula is C31H41BrF2N2O6S2Si. The molecule has 1 heterocycles. The normalized spacial score (nSPS) is 23.2. The number of thioether (sulfide) groups is 1. The first-order valence-corrected chi connectivity index (χ1v) is 21.4. The van der Waals surface area contributed by atoms with Gasteiger partial charge in [-0.25, -0.2) is 23.5 Å². The van der Waals surface area contributed by atoms with Gasteiger partial charge >= 0.3 is 6.09 Å². The van der Waals surface area contributed by atoms with Gasteiger partial charge in [-0.15, -0.1) is 0 Å². The Hall–Kier alpha value is -1.84. The number of alkyl halides is 1. The molecule has 8 nitrogen and oxygen atoms in total. The van der Waals surface area contributed by atoms with E-state index in [0.29, 0.717) is 11.1 Å². The van der Waals surface area contributed by atoms with E-state index in [1.165, 1.54) is 35.2 Å². The van der Waals surface area contributed by atoms with Gasteiger partial charge in [-0.3, -0.25) is 4.18 Å². The van der Waals surface area contributed by atoms with Crippen LogP contribution in [-0.2, 0) is 29.3 Å². The topological polar surface area (TPSA) is 94.5 Å². The van der Waals surface area contributed by atoms with Gasteiger partial charge in [0.2, 0.25) is 0 Å². The summed E-state index contributed by atoms with van der Waals surface area (Å²) in [6.07, 6.45) is -0.505. The maximum atomic E-state index is 15.5. The maximum absolute atomic E-state index is 15.5. The van der Waals surface area contributed by atoms with Gasteiger partial charge in [0.05, 0.1) is 16.2 Å². The van der Waals surface area contributed by atoms with Crippen molar-refractivity contribution in [1.29, 1.82) is 0 Å². The van der Waals surface area contributed by atoms with E-state index in [9.17, 15) is 13.2 Å². The highest BCUT2D eigenvalue weighted by Gasteiger charge is 2.69. The number of aliphatic imine (C=N–C) groups is 1. The number of carbonyl (C=O) groups is 1. The maximum Gasteiger partial charge on any atom is 0.418 e. The number of rotatable bonds is 11. The zero-order valence-electron chi connectivity index (χ0n) is 26.7. The van der Waals surface area contributed by atoms with Gasteiger partial charge < -0.3 is 9.47 Å². The smallest absolute Gasteiger partial charge is 0.418 e. The summed E-state index contributed by atoms with van der Waals surface area (Å²) in [6.45, 7) is 12.3. The van der Waals surface area contributed by atoms with E-state index in [1.54, 1.807) is 32.9 Å². The minimum Gasteiger partial charge on any atom is -0.443 e. The van der Waals surface area contributed by atoms with Crippen molar-refractivity contribution in [3.63, 3.8) is 0 Å². The molecule has 1 aliphatic carbocycles. The van der Waals surface area contributed by atoms with Crippen LogP contribution in [0.1, 0.15) is 38.3 Å². The van der Waals surface area contributed by atoms with Crippen LogP contribution in [0.4, 0.5) is 13.6 Å². The molecule has 2 aromatic carbocycles. The average Bonchev–Trinajstić information content (AvgIpc) is 3.67. The van der Waals surface area contributed by atoms with Crippen molar-refractivity contribution in [2.45, 2.75) is 80.6 Å². The van der Waals surface area contributed by atoms with Gasteiger partial charge in [-0.1, -0.05) is 65.0 Å². The van der Waals surface area contributed by atoms with Gasteiger partial charge in [0.1, 0.15) is 30.4 Å². The number of amidine groups is 1. The molecule has 1 fully saturated rings. The quantitative estimate of drug-likeness (QED) is 0.1000. The molecule has 1 saturated carbocycles. The van der Waals surface area contributed by atoms with Crippen molar-refractivity contribution in [2.24, 2.45) is 10.9 Å². The van der Waals surface area contributed by atoms with Crippen molar-refractivity contribution in [3.8, 4) is 0 Å². The monoisotopic (exact) mass is 746 g/mol. The van der Waals surface area contributed by atoms with E-state index >= 15 is 8.78 Å². The molecule has 0 N–H and O–H groups in total. The van der Waals surface area contributed by atoms with Crippen LogP contribution in [0.25, 0.3) is 0 Å². The number of ether oxygens (including phenoxy) is 2. The van der Waals surface area contributed by atoms with E-state index in [1.807, 2.05) is 6.92 Å². The van der Waals surface area contributed by atoms with Gasteiger partial charge in [0.25, 0.3) is 10.1 Å². The lowest BCUT2D eigenvalue weighted by atomic mass is 9.85. The Morgan fingerprint density at radius 2 is 1.84 bits per heavy atom. The van der Waals surface area contributed by atoms with Gasteiger partial charge in [0.15, 0.2) is 5.17 Å². The van der Waals surface area contributed by atoms with Crippen LogP contribution in [0.2, 0.25) is 25.7 Å². The number of hydrogen-bond donors (Lipinski definition) is 0. The highest BCUT2D eigenvalue weighted by atomic mass is 79.9. The van der Waals surface area contributed by atoms with E-state index in [4.69, 9.17) is 18.6 Å². The van der Waals surface area contributed by atoms with Crippen LogP contribution >= 0.6 is 27.7 Å². The van der Waals surface area contributed by atoms with Crippen molar-refractivity contribution < 1.29 is 35.6 Å². The number of halogens is 3. The predicted molar refractivity (Wildman–Crippen MR) is 179 cm³/mol. The minimum atomic E-state index is -4.18. The fourth-order valence-electron chi connectivity index (χ4n) is 5.02.